The second kappa shape index (κ2) is 5.65. The number of ether oxygens (including phenoxy) is 1. The molecule has 0 bridgehead atoms. The Bertz CT molecular complexity index is 335. The molecule has 0 aliphatic carbocycles. The molecule has 102 valence electrons. The monoisotopic (exact) mass is 264 g/mol. The lowest BCUT2D eigenvalue weighted by Gasteiger charge is -2.26. The number of hydrogen-bond acceptors (Lipinski definition) is 4. The van der Waals surface area contributed by atoms with Crippen molar-refractivity contribution in [3.63, 3.8) is 0 Å². The van der Waals surface area contributed by atoms with E-state index in [2.05, 4.69) is 10.0 Å². The van der Waals surface area contributed by atoms with Gasteiger partial charge in [0.25, 0.3) is 0 Å². The molecule has 1 aliphatic rings. The van der Waals surface area contributed by atoms with Gasteiger partial charge in [0.1, 0.15) is 0 Å². The minimum atomic E-state index is -3.29. The maximum absolute atomic E-state index is 12.1. The third-order valence-corrected chi connectivity index (χ3v) is 4.95. The molecule has 5 nitrogen and oxygen atoms in total. The molecule has 2 unspecified atom stereocenters. The average molecular weight is 264 g/mol. The molecular weight excluding hydrogens is 240 g/mol. The van der Waals surface area contributed by atoms with E-state index in [1.165, 1.54) is 0 Å². The van der Waals surface area contributed by atoms with Gasteiger partial charge in [0, 0.05) is 19.2 Å². The van der Waals surface area contributed by atoms with Crippen LogP contribution in [-0.2, 0) is 14.8 Å². The van der Waals surface area contributed by atoms with E-state index in [0.717, 1.165) is 6.42 Å². The molecule has 6 heteroatoms. The summed E-state index contributed by atoms with van der Waals surface area (Å²) in [5.41, 5.74) is -0.440. The maximum Gasteiger partial charge on any atom is 0.216 e. The Labute approximate surface area is 104 Å². The lowest BCUT2D eigenvalue weighted by Crippen LogP contribution is -2.51. The van der Waals surface area contributed by atoms with Crippen molar-refractivity contribution in [3.8, 4) is 0 Å². The highest BCUT2D eigenvalue weighted by Gasteiger charge is 2.35. The zero-order chi connectivity index (χ0) is 13.1. The molecule has 2 N–H and O–H groups in total. The van der Waals surface area contributed by atoms with E-state index in [4.69, 9.17) is 4.74 Å². The fourth-order valence-corrected chi connectivity index (χ4v) is 3.07. The molecule has 17 heavy (non-hydrogen) atoms. The lowest BCUT2D eigenvalue weighted by molar-refractivity contribution is 0.178. The van der Waals surface area contributed by atoms with Crippen molar-refractivity contribution < 1.29 is 13.2 Å². The minimum absolute atomic E-state index is 0.290. The smallest absolute Gasteiger partial charge is 0.216 e. The van der Waals surface area contributed by atoms with Crippen molar-refractivity contribution in [1.82, 2.24) is 10.0 Å². The van der Waals surface area contributed by atoms with Gasteiger partial charge in [0.05, 0.1) is 17.4 Å². The third kappa shape index (κ3) is 4.54. The van der Waals surface area contributed by atoms with Gasteiger partial charge < -0.3 is 10.1 Å². The first-order valence-electron chi connectivity index (χ1n) is 6.09. The summed E-state index contributed by atoms with van der Waals surface area (Å²) in [6.45, 7) is 9.15. The highest BCUT2D eigenvalue weighted by molar-refractivity contribution is 7.90. The van der Waals surface area contributed by atoms with Crippen LogP contribution in [0, 0.1) is 0 Å². The normalized spacial score (nSPS) is 27.6. The van der Waals surface area contributed by atoms with Crippen LogP contribution >= 0.6 is 0 Å². The quantitative estimate of drug-likeness (QED) is 0.732. The molecule has 1 rings (SSSR count). The van der Waals surface area contributed by atoms with Gasteiger partial charge in [0.2, 0.25) is 10.0 Å². The first-order chi connectivity index (χ1) is 7.75. The summed E-state index contributed by atoms with van der Waals surface area (Å²) in [7, 11) is -3.29. The van der Waals surface area contributed by atoms with Gasteiger partial charge in [-0.15, -0.1) is 0 Å². The van der Waals surface area contributed by atoms with Crippen molar-refractivity contribution in [2.45, 2.75) is 50.9 Å². The standard InChI is InChI=1S/C11H24N2O3S/c1-9(2)12-7-10(3)17(14,15)13-11(4)5-6-16-8-11/h9-10,12-13H,5-8H2,1-4H3. The Kier molecular flexibility index (Phi) is 4.95. The van der Waals surface area contributed by atoms with E-state index in [1.807, 2.05) is 20.8 Å². The molecule has 0 amide bonds. The molecule has 1 aliphatic heterocycles. The van der Waals surface area contributed by atoms with Crippen molar-refractivity contribution >= 4 is 10.0 Å². The molecule has 0 aromatic carbocycles. The van der Waals surface area contributed by atoms with Gasteiger partial charge in [0.15, 0.2) is 0 Å². The zero-order valence-corrected chi connectivity index (χ0v) is 11.9. The summed E-state index contributed by atoms with van der Waals surface area (Å²) >= 11 is 0. The van der Waals surface area contributed by atoms with Gasteiger partial charge in [-0.25, -0.2) is 13.1 Å². The number of nitrogens with one attached hydrogen (secondary N) is 2. The highest BCUT2D eigenvalue weighted by atomic mass is 32.2. The fraction of sp³-hybridized carbons (Fsp3) is 1.00. The van der Waals surface area contributed by atoms with E-state index in [0.29, 0.717) is 19.8 Å². The van der Waals surface area contributed by atoms with E-state index >= 15 is 0 Å². The Morgan fingerprint density at radius 2 is 2.00 bits per heavy atom. The van der Waals surface area contributed by atoms with E-state index in [-0.39, 0.29) is 6.04 Å². The van der Waals surface area contributed by atoms with Crippen LogP contribution in [-0.4, -0.2) is 45.0 Å². The van der Waals surface area contributed by atoms with Crippen LogP contribution in [0.1, 0.15) is 34.1 Å². The first-order valence-corrected chi connectivity index (χ1v) is 7.64. The number of hydrogen-bond donors (Lipinski definition) is 2. The van der Waals surface area contributed by atoms with Crippen molar-refractivity contribution in [3.05, 3.63) is 0 Å². The molecule has 2 atom stereocenters. The lowest BCUT2D eigenvalue weighted by atomic mass is 10.0. The van der Waals surface area contributed by atoms with Crippen LogP contribution in [0.3, 0.4) is 0 Å². The Morgan fingerprint density at radius 1 is 1.35 bits per heavy atom. The molecule has 1 fully saturated rings. The maximum atomic E-state index is 12.1. The van der Waals surface area contributed by atoms with Crippen molar-refractivity contribution in [2.24, 2.45) is 0 Å². The first kappa shape index (κ1) is 14.9. The highest BCUT2D eigenvalue weighted by Crippen LogP contribution is 2.19. The predicted molar refractivity (Wildman–Crippen MR) is 68.5 cm³/mol. The van der Waals surface area contributed by atoms with Crippen molar-refractivity contribution in [2.75, 3.05) is 19.8 Å². The Hall–Kier alpha value is -0.170. The summed E-state index contributed by atoms with van der Waals surface area (Å²) in [6, 6.07) is 0.290. The Morgan fingerprint density at radius 3 is 2.47 bits per heavy atom. The molecule has 0 aromatic heterocycles. The van der Waals surface area contributed by atoms with Crippen LogP contribution in [0.4, 0.5) is 0 Å². The van der Waals surface area contributed by atoms with Gasteiger partial charge in [-0.2, -0.15) is 0 Å². The van der Waals surface area contributed by atoms with E-state index < -0.39 is 20.8 Å². The summed E-state index contributed by atoms with van der Waals surface area (Å²) < 4.78 is 32.2. The Balaban J connectivity index is 2.55. The SMILES string of the molecule is CC(C)NCC(C)S(=O)(=O)NC1(C)CCOC1. The molecule has 1 saturated heterocycles. The van der Waals surface area contributed by atoms with Crippen LogP contribution in [0.15, 0.2) is 0 Å². The number of rotatable bonds is 6. The zero-order valence-electron chi connectivity index (χ0n) is 11.1. The summed E-state index contributed by atoms with van der Waals surface area (Å²) in [4.78, 5) is 0. The summed E-state index contributed by atoms with van der Waals surface area (Å²) in [6.07, 6.45) is 0.733. The van der Waals surface area contributed by atoms with Crippen LogP contribution in [0.5, 0.6) is 0 Å². The molecule has 0 spiro atoms. The van der Waals surface area contributed by atoms with Crippen LogP contribution in [0.25, 0.3) is 0 Å². The van der Waals surface area contributed by atoms with Gasteiger partial charge in [-0.05, 0) is 20.3 Å². The average Bonchev–Trinajstić information content (AvgIpc) is 2.59. The fourth-order valence-electron chi connectivity index (χ4n) is 1.70. The predicted octanol–water partition coefficient (Wildman–Crippen LogP) is 0.471. The molecule has 1 heterocycles. The van der Waals surface area contributed by atoms with Crippen LogP contribution in [0.2, 0.25) is 0 Å². The summed E-state index contributed by atoms with van der Waals surface area (Å²) in [5.74, 6) is 0. The van der Waals surface area contributed by atoms with Crippen molar-refractivity contribution in [1.29, 1.82) is 0 Å². The van der Waals surface area contributed by atoms with Crippen LogP contribution < -0.4 is 10.0 Å². The van der Waals surface area contributed by atoms with Gasteiger partial charge >= 0.3 is 0 Å². The summed E-state index contributed by atoms with van der Waals surface area (Å²) in [5, 5.41) is 2.70. The second-order valence-electron chi connectivity index (χ2n) is 5.38. The van der Waals surface area contributed by atoms with E-state index in [1.54, 1.807) is 6.92 Å². The number of sulfonamides is 1. The van der Waals surface area contributed by atoms with E-state index in [9.17, 15) is 8.42 Å². The topological polar surface area (TPSA) is 67.4 Å². The molecular formula is C11H24N2O3S. The van der Waals surface area contributed by atoms with Gasteiger partial charge in [-0.3, -0.25) is 0 Å². The molecule has 0 saturated carbocycles. The molecule has 0 radical (unpaired) electrons. The third-order valence-electron chi connectivity index (χ3n) is 2.95. The van der Waals surface area contributed by atoms with Gasteiger partial charge in [-0.1, -0.05) is 13.8 Å². The largest absolute Gasteiger partial charge is 0.379 e. The minimum Gasteiger partial charge on any atom is -0.379 e. The second-order valence-corrected chi connectivity index (χ2v) is 7.48. The molecule has 0 aromatic rings.